The molecule has 3 aromatic rings. The molecule has 3 aromatic carbocycles. The van der Waals surface area contributed by atoms with Crippen LogP contribution in [-0.2, 0) is 0 Å². The minimum absolute atomic E-state index is 0.00451. The maximum Gasteiger partial charge on any atom is 0.254 e. The number of nitrogens with one attached hydrogen (secondary N) is 1. The van der Waals surface area contributed by atoms with E-state index in [0.29, 0.717) is 28.4 Å². The Morgan fingerprint density at radius 1 is 1.11 bits per heavy atom. The van der Waals surface area contributed by atoms with Crippen LogP contribution in [0.4, 0.5) is 10.1 Å². The minimum Gasteiger partial charge on any atom is -0.504 e. The van der Waals surface area contributed by atoms with E-state index >= 15 is 0 Å². The van der Waals surface area contributed by atoms with Crippen LogP contribution in [0.2, 0.25) is 0 Å². The minimum atomic E-state index is -0.495. The molecule has 0 aromatic heterocycles. The summed E-state index contributed by atoms with van der Waals surface area (Å²) >= 11 is 0. The second-order valence-corrected chi connectivity index (χ2v) is 10.1. The molecule has 2 aliphatic rings. The number of allylic oxidation sites excluding steroid dienone is 1. The molecule has 0 fully saturated rings. The number of benzene rings is 3. The zero-order valence-electron chi connectivity index (χ0n) is 21.7. The first kappa shape index (κ1) is 24.4. The van der Waals surface area contributed by atoms with Crippen LogP contribution in [0, 0.1) is 5.82 Å². The van der Waals surface area contributed by atoms with Crippen LogP contribution < -0.4 is 14.8 Å². The highest BCUT2D eigenvalue weighted by Crippen LogP contribution is 2.54. The van der Waals surface area contributed by atoms with Crippen molar-refractivity contribution in [2.45, 2.75) is 26.3 Å². The van der Waals surface area contributed by atoms with Gasteiger partial charge in [-0.15, -0.1) is 0 Å². The molecule has 0 atom stereocenters. The third kappa shape index (κ3) is 4.10. The second-order valence-electron chi connectivity index (χ2n) is 10.1. The molecule has 0 unspecified atom stereocenters. The average molecular weight is 501 g/mol. The molecule has 5 rings (SSSR count). The number of methoxy groups -OCH3 is 1. The number of ether oxygens (including phenoxy) is 2. The topological polar surface area (TPSA) is 71.0 Å². The Bertz CT molecular complexity index is 1520. The molecule has 0 spiro atoms. The number of amides is 1. The molecule has 1 amide bonds. The number of carbonyl (C=O) groups excluding carboxylic acids is 1. The van der Waals surface area contributed by atoms with Crippen LogP contribution in [0.25, 0.3) is 28.5 Å². The van der Waals surface area contributed by atoms with E-state index in [9.17, 15) is 14.3 Å². The van der Waals surface area contributed by atoms with Crippen LogP contribution in [0.3, 0.4) is 0 Å². The van der Waals surface area contributed by atoms with Gasteiger partial charge in [0.15, 0.2) is 11.5 Å². The highest BCUT2D eigenvalue weighted by atomic mass is 19.1. The molecular weight excluding hydrogens is 471 g/mol. The number of phenolic OH excluding ortho intramolecular Hbond substituents is 1. The third-order valence-corrected chi connectivity index (χ3v) is 6.61. The molecule has 2 aliphatic heterocycles. The van der Waals surface area contributed by atoms with E-state index in [0.717, 1.165) is 28.0 Å². The molecule has 0 aliphatic carbocycles. The fourth-order valence-corrected chi connectivity index (χ4v) is 5.17. The first-order chi connectivity index (χ1) is 17.5. The van der Waals surface area contributed by atoms with Gasteiger partial charge in [-0.2, -0.15) is 0 Å². The lowest BCUT2D eigenvalue weighted by Gasteiger charge is -2.35. The smallest absolute Gasteiger partial charge is 0.254 e. The number of nitrogens with zero attached hydrogens (tertiary/aromatic N) is 1. The molecule has 2 heterocycles. The molecule has 0 radical (unpaired) electrons. The molecule has 190 valence electrons. The zero-order valence-corrected chi connectivity index (χ0v) is 21.7. The van der Waals surface area contributed by atoms with Gasteiger partial charge >= 0.3 is 0 Å². The van der Waals surface area contributed by atoms with Crippen molar-refractivity contribution in [3.63, 3.8) is 0 Å². The van der Waals surface area contributed by atoms with Crippen LogP contribution in [0.1, 0.15) is 47.8 Å². The first-order valence-electron chi connectivity index (χ1n) is 12.0. The summed E-state index contributed by atoms with van der Waals surface area (Å²) in [4.78, 5) is 14.3. The summed E-state index contributed by atoms with van der Waals surface area (Å²) in [5.74, 6) is 0.510. The van der Waals surface area contributed by atoms with E-state index in [1.54, 1.807) is 32.3 Å². The summed E-state index contributed by atoms with van der Waals surface area (Å²) in [6.45, 7) is 6.24. The molecule has 7 heteroatoms. The molecule has 37 heavy (non-hydrogen) atoms. The normalized spacial score (nSPS) is 16.0. The van der Waals surface area contributed by atoms with Gasteiger partial charge in [-0.3, -0.25) is 4.79 Å². The van der Waals surface area contributed by atoms with Crippen molar-refractivity contribution in [3.8, 4) is 28.4 Å². The highest BCUT2D eigenvalue weighted by Gasteiger charge is 2.33. The van der Waals surface area contributed by atoms with E-state index in [1.807, 2.05) is 19.1 Å². The Morgan fingerprint density at radius 3 is 2.57 bits per heavy atom. The van der Waals surface area contributed by atoms with E-state index in [-0.39, 0.29) is 22.8 Å². The number of hydrogen-bond acceptors (Lipinski definition) is 5. The van der Waals surface area contributed by atoms with Gasteiger partial charge < -0.3 is 24.8 Å². The largest absolute Gasteiger partial charge is 0.504 e. The Kier molecular flexibility index (Phi) is 5.74. The third-order valence-electron chi connectivity index (χ3n) is 6.61. The van der Waals surface area contributed by atoms with Crippen LogP contribution in [-0.4, -0.2) is 42.7 Å². The molecule has 2 N–H and O–H groups in total. The predicted octanol–water partition coefficient (Wildman–Crippen LogP) is 6.41. The predicted molar refractivity (Wildman–Crippen MR) is 144 cm³/mol. The summed E-state index contributed by atoms with van der Waals surface area (Å²) in [6, 6.07) is 11.3. The molecule has 0 saturated carbocycles. The van der Waals surface area contributed by atoms with Gasteiger partial charge in [-0.1, -0.05) is 18.2 Å². The lowest BCUT2D eigenvalue weighted by Crippen LogP contribution is -2.32. The average Bonchev–Trinajstić information content (AvgIpc) is 2.83. The molecular formula is C30H29FN2O4. The zero-order chi connectivity index (χ0) is 26.6. The number of rotatable bonds is 3. The van der Waals surface area contributed by atoms with E-state index in [4.69, 9.17) is 9.47 Å². The van der Waals surface area contributed by atoms with Crippen molar-refractivity contribution in [2.75, 3.05) is 26.5 Å². The molecule has 0 saturated heterocycles. The lowest BCUT2D eigenvalue weighted by atomic mass is 9.82. The lowest BCUT2D eigenvalue weighted by molar-refractivity contribution is 0.0827. The van der Waals surface area contributed by atoms with Crippen molar-refractivity contribution in [3.05, 3.63) is 76.6 Å². The van der Waals surface area contributed by atoms with Gasteiger partial charge in [0.25, 0.3) is 5.91 Å². The Labute approximate surface area is 215 Å². The standard InChI is InChI=1S/C30H29FN2O4/c1-16-15-30(2,3)32-21-10-9-19-26(25(16)21)24(37-23-12-11-22(34)28(36-6)27(19)23)13-17-7-8-18(31)14-20(17)29(35)33(4)5/h7-15,32,34H,1-6H3/b24-13-. The SMILES string of the molecule is COc1c(O)ccc2c1-c1ccc3c(c1/C(=C/c1ccc(F)cc1C(=O)N(C)C)O2)C(C)=CC(C)(C)N3. The van der Waals surface area contributed by atoms with Crippen molar-refractivity contribution in [1.29, 1.82) is 0 Å². The van der Waals surface area contributed by atoms with Crippen molar-refractivity contribution < 1.29 is 23.8 Å². The number of hydrogen-bond donors (Lipinski definition) is 2. The quantitative estimate of drug-likeness (QED) is 0.435. The summed E-state index contributed by atoms with van der Waals surface area (Å²) in [6.07, 6.45) is 3.92. The Morgan fingerprint density at radius 2 is 1.86 bits per heavy atom. The first-order valence-corrected chi connectivity index (χ1v) is 12.0. The summed E-state index contributed by atoms with van der Waals surface area (Å²) < 4.78 is 26.2. The van der Waals surface area contributed by atoms with Crippen molar-refractivity contribution in [2.24, 2.45) is 0 Å². The van der Waals surface area contributed by atoms with E-state index < -0.39 is 5.82 Å². The second kappa shape index (κ2) is 8.69. The number of fused-ring (bicyclic) bond motifs is 5. The number of carbonyl (C=O) groups is 1. The van der Waals surface area contributed by atoms with Gasteiger partial charge in [0, 0.05) is 42.0 Å². The van der Waals surface area contributed by atoms with Gasteiger partial charge in [0.05, 0.1) is 18.2 Å². The Hall–Kier alpha value is -4.26. The number of halogens is 1. The van der Waals surface area contributed by atoms with Gasteiger partial charge in [0.2, 0.25) is 0 Å². The summed E-state index contributed by atoms with van der Waals surface area (Å²) in [5.41, 5.74) is 5.68. The fraction of sp³-hybridized carbons (Fsp3) is 0.233. The molecule has 6 nitrogen and oxygen atoms in total. The number of anilines is 1. The van der Waals surface area contributed by atoms with E-state index in [2.05, 4.69) is 25.2 Å². The van der Waals surface area contributed by atoms with Crippen LogP contribution in [0.5, 0.6) is 17.2 Å². The maximum atomic E-state index is 14.2. The van der Waals surface area contributed by atoms with Gasteiger partial charge in [-0.25, -0.2) is 4.39 Å². The van der Waals surface area contributed by atoms with Crippen LogP contribution >= 0.6 is 0 Å². The molecule has 0 bridgehead atoms. The fourth-order valence-electron chi connectivity index (χ4n) is 5.17. The van der Waals surface area contributed by atoms with E-state index in [1.165, 1.54) is 30.2 Å². The maximum absolute atomic E-state index is 14.2. The van der Waals surface area contributed by atoms with Gasteiger partial charge in [0.1, 0.15) is 17.3 Å². The van der Waals surface area contributed by atoms with Gasteiger partial charge in [-0.05, 0) is 68.3 Å². The Balaban J connectivity index is 1.83. The number of phenols is 1. The van der Waals surface area contributed by atoms with Crippen LogP contribution in [0.15, 0.2) is 48.5 Å². The highest BCUT2D eigenvalue weighted by molar-refractivity contribution is 6.04. The summed E-state index contributed by atoms with van der Waals surface area (Å²) in [7, 11) is 4.76. The summed E-state index contributed by atoms with van der Waals surface area (Å²) in [5, 5.41) is 14.1. The van der Waals surface area contributed by atoms with Crippen molar-refractivity contribution >= 4 is 29.0 Å². The van der Waals surface area contributed by atoms with Crippen molar-refractivity contribution in [1.82, 2.24) is 4.90 Å². The monoisotopic (exact) mass is 500 g/mol. The number of aromatic hydroxyl groups is 1.